The first-order valence-electron chi connectivity index (χ1n) is 6.35. The number of halogens is 5. The molecule has 2 aromatic heterocycles. The van der Waals surface area contributed by atoms with E-state index in [1.165, 1.54) is 0 Å². The first-order chi connectivity index (χ1) is 11.6. The van der Waals surface area contributed by atoms with Crippen molar-refractivity contribution in [2.24, 2.45) is 0 Å². The lowest BCUT2D eigenvalue weighted by Crippen LogP contribution is -2.14. The first kappa shape index (κ1) is 18.4. The first-order valence-corrected chi connectivity index (χ1v) is 6.35. The molecule has 0 aromatic carbocycles. The van der Waals surface area contributed by atoms with Crippen LogP contribution in [0.1, 0.15) is 26.5 Å². The van der Waals surface area contributed by atoms with Crippen LogP contribution in [0.15, 0.2) is 12.1 Å². The van der Waals surface area contributed by atoms with Gasteiger partial charge in [0.2, 0.25) is 0 Å². The van der Waals surface area contributed by atoms with E-state index in [4.69, 9.17) is 0 Å². The van der Waals surface area contributed by atoms with Gasteiger partial charge in [0.25, 0.3) is 0 Å². The molecule has 0 fully saturated rings. The second-order valence-corrected chi connectivity index (χ2v) is 4.46. The molecule has 0 aliphatic heterocycles. The molecule has 0 N–H and O–H groups in total. The molecule has 2 aromatic rings. The number of rotatable bonds is 4. The van der Waals surface area contributed by atoms with Crippen LogP contribution in [0.4, 0.5) is 22.0 Å². The van der Waals surface area contributed by atoms with E-state index in [2.05, 4.69) is 19.3 Å². The molecule has 0 saturated heterocycles. The number of carbonyl (C=O) groups is 2. The van der Waals surface area contributed by atoms with Gasteiger partial charge in [-0.25, -0.2) is 14.1 Å². The van der Waals surface area contributed by atoms with E-state index in [0.29, 0.717) is 6.07 Å². The van der Waals surface area contributed by atoms with E-state index in [1.54, 1.807) is 0 Å². The normalized spacial score (nSPS) is 11.7. The van der Waals surface area contributed by atoms with Crippen LogP contribution in [-0.2, 0) is 15.7 Å². The minimum atomic E-state index is -5.05. The van der Waals surface area contributed by atoms with Gasteiger partial charge in [-0.05, 0) is 0 Å². The minimum Gasteiger partial charge on any atom is -0.465 e. The molecule has 0 atom stereocenters. The second-order valence-electron chi connectivity index (χ2n) is 4.46. The van der Waals surface area contributed by atoms with Gasteiger partial charge < -0.3 is 14.2 Å². The summed E-state index contributed by atoms with van der Waals surface area (Å²) in [6.45, 7) is -3.41. The van der Waals surface area contributed by atoms with Gasteiger partial charge in [-0.1, -0.05) is 0 Å². The largest absolute Gasteiger partial charge is 0.465 e. The number of aromatic nitrogens is 2. The van der Waals surface area contributed by atoms with Gasteiger partial charge in [-0.3, -0.25) is 0 Å². The smallest absolute Gasteiger partial charge is 0.433 e. The molecular weight excluding hydrogens is 359 g/mol. The van der Waals surface area contributed by atoms with Gasteiger partial charge in [0.15, 0.2) is 5.69 Å². The van der Waals surface area contributed by atoms with E-state index in [9.17, 15) is 31.5 Å². The zero-order valence-corrected chi connectivity index (χ0v) is 12.6. The van der Waals surface area contributed by atoms with Crippen molar-refractivity contribution in [2.75, 3.05) is 14.2 Å². The van der Waals surface area contributed by atoms with E-state index in [0.717, 1.165) is 14.2 Å². The number of esters is 2. The fraction of sp³-hybridized carbons (Fsp3) is 0.308. The second kappa shape index (κ2) is 6.53. The van der Waals surface area contributed by atoms with Gasteiger partial charge in [-0.2, -0.15) is 27.1 Å². The van der Waals surface area contributed by atoms with Crippen molar-refractivity contribution in [2.45, 2.75) is 12.8 Å². The maximum absolute atomic E-state index is 13.2. The number of fused-ring (bicyclic) bond motifs is 1. The number of hydrogen-bond donors (Lipinski definition) is 0. The van der Waals surface area contributed by atoms with E-state index < -0.39 is 52.9 Å². The summed E-state index contributed by atoms with van der Waals surface area (Å²) in [5, 5.41) is 3.42. The molecule has 0 spiro atoms. The third kappa shape index (κ3) is 3.46. The van der Waals surface area contributed by atoms with Crippen LogP contribution < -0.4 is 4.74 Å². The van der Waals surface area contributed by atoms with Gasteiger partial charge >= 0.3 is 24.7 Å². The van der Waals surface area contributed by atoms with Crippen LogP contribution in [0.2, 0.25) is 0 Å². The predicted octanol–water partition coefficient (Wildman–Crippen LogP) is 2.53. The Kier molecular flexibility index (Phi) is 4.81. The van der Waals surface area contributed by atoms with Crippen LogP contribution in [0.25, 0.3) is 5.52 Å². The Bertz CT molecular complexity index is 830. The number of nitrogens with zero attached hydrogens (tertiary/aromatic N) is 2. The van der Waals surface area contributed by atoms with Crippen molar-refractivity contribution in [3.63, 3.8) is 0 Å². The lowest BCUT2D eigenvalue weighted by atomic mass is 10.2. The van der Waals surface area contributed by atoms with Crippen LogP contribution in [0.5, 0.6) is 5.75 Å². The summed E-state index contributed by atoms with van der Waals surface area (Å²) in [7, 11) is 1.83. The molecule has 0 aliphatic rings. The van der Waals surface area contributed by atoms with Crippen molar-refractivity contribution in [1.29, 1.82) is 0 Å². The van der Waals surface area contributed by atoms with Crippen LogP contribution in [0.3, 0.4) is 0 Å². The van der Waals surface area contributed by atoms with E-state index >= 15 is 0 Å². The Balaban J connectivity index is 2.90. The molecule has 12 heteroatoms. The minimum absolute atomic E-state index is 0.205. The average molecular weight is 368 g/mol. The van der Waals surface area contributed by atoms with Crippen LogP contribution >= 0.6 is 0 Å². The zero-order chi connectivity index (χ0) is 18.9. The van der Waals surface area contributed by atoms with Gasteiger partial charge in [0, 0.05) is 12.1 Å². The highest BCUT2D eigenvalue weighted by Gasteiger charge is 2.38. The summed E-state index contributed by atoms with van der Waals surface area (Å²) in [4.78, 5) is 23.6. The molecule has 0 aliphatic carbocycles. The molecule has 0 bridgehead atoms. The number of ether oxygens (including phenoxy) is 3. The average Bonchev–Trinajstić information content (AvgIpc) is 2.90. The lowest BCUT2D eigenvalue weighted by molar-refractivity contribution is -0.143. The molecule has 2 heterocycles. The third-order valence-corrected chi connectivity index (χ3v) is 2.99. The van der Waals surface area contributed by atoms with Crippen LogP contribution in [-0.4, -0.2) is 42.4 Å². The molecule has 136 valence electrons. The molecule has 7 nitrogen and oxygen atoms in total. The van der Waals surface area contributed by atoms with E-state index in [-0.39, 0.29) is 10.6 Å². The number of methoxy groups -OCH3 is 2. The monoisotopic (exact) mass is 368 g/mol. The highest BCUT2D eigenvalue weighted by molar-refractivity contribution is 6.07. The summed E-state index contributed by atoms with van der Waals surface area (Å²) in [6, 6.07) is 0.960. The molecule has 0 radical (unpaired) electrons. The maximum Gasteiger partial charge on any atom is 0.433 e. The predicted molar refractivity (Wildman–Crippen MR) is 69.5 cm³/mol. The van der Waals surface area contributed by atoms with Crippen molar-refractivity contribution in [3.05, 3.63) is 29.1 Å². The molecule has 2 rings (SSSR count). The Morgan fingerprint density at radius 2 is 1.72 bits per heavy atom. The van der Waals surface area contributed by atoms with Gasteiger partial charge in [0.05, 0.1) is 19.7 Å². The fourth-order valence-electron chi connectivity index (χ4n) is 2.04. The summed E-state index contributed by atoms with van der Waals surface area (Å²) in [5.41, 5.74) is -3.60. The summed E-state index contributed by atoms with van der Waals surface area (Å²) in [6.07, 6.45) is -5.05. The maximum atomic E-state index is 13.2. The number of hydrogen-bond acceptors (Lipinski definition) is 6. The van der Waals surface area contributed by atoms with Crippen molar-refractivity contribution in [1.82, 2.24) is 9.61 Å². The number of alkyl halides is 5. The molecule has 0 amide bonds. The molecule has 0 saturated carbocycles. The highest BCUT2D eigenvalue weighted by atomic mass is 19.4. The molecular formula is C13H9F5N2O5. The standard InChI is InChI=1S/C13H9F5N2O5/c1-23-10(21)8-6-3-5(25-12(14)15)4-7(13(16,17)18)20(6)19-9(8)11(22)24-2/h3-4,12H,1-2H3. The van der Waals surface area contributed by atoms with Gasteiger partial charge in [-0.15, -0.1) is 0 Å². The Labute approximate surface area is 135 Å². The number of carbonyl (C=O) groups excluding carboxylic acids is 2. The van der Waals surface area contributed by atoms with Crippen molar-refractivity contribution < 1.29 is 45.8 Å². The highest BCUT2D eigenvalue weighted by Crippen LogP contribution is 2.34. The Hall–Kier alpha value is -2.92. The Morgan fingerprint density at radius 1 is 1.12 bits per heavy atom. The van der Waals surface area contributed by atoms with Crippen molar-refractivity contribution in [3.8, 4) is 5.75 Å². The quantitative estimate of drug-likeness (QED) is 0.610. The summed E-state index contributed by atoms with van der Waals surface area (Å²) >= 11 is 0. The van der Waals surface area contributed by atoms with Gasteiger partial charge in [0.1, 0.15) is 17.0 Å². The van der Waals surface area contributed by atoms with Crippen molar-refractivity contribution >= 4 is 17.5 Å². The van der Waals surface area contributed by atoms with E-state index in [1.807, 2.05) is 0 Å². The topological polar surface area (TPSA) is 79.1 Å². The third-order valence-electron chi connectivity index (χ3n) is 2.99. The number of pyridine rings is 1. The summed E-state index contributed by atoms with van der Waals surface area (Å²) in [5.74, 6) is -3.30. The SMILES string of the molecule is COC(=O)c1nn2c(C(F)(F)F)cc(OC(F)F)cc2c1C(=O)OC. The zero-order valence-electron chi connectivity index (χ0n) is 12.6. The lowest BCUT2D eigenvalue weighted by Gasteiger charge is -2.12. The molecule has 25 heavy (non-hydrogen) atoms. The summed E-state index contributed by atoms with van der Waals surface area (Å²) < 4.78 is 77.3. The molecule has 0 unspecified atom stereocenters. The fourth-order valence-corrected chi connectivity index (χ4v) is 2.04. The van der Waals surface area contributed by atoms with Crippen LogP contribution in [0, 0.1) is 0 Å². The Morgan fingerprint density at radius 3 is 2.20 bits per heavy atom.